The predicted octanol–water partition coefficient (Wildman–Crippen LogP) is 1.69. The van der Waals surface area contributed by atoms with Crippen LogP contribution in [0.15, 0.2) is 24.3 Å². The second-order valence-electron chi connectivity index (χ2n) is 3.03. The maximum Gasteiger partial charge on any atom is 0.168 e. The minimum atomic E-state index is 0.350. The van der Waals surface area contributed by atoms with Crippen molar-refractivity contribution in [1.29, 1.82) is 0 Å². The molecule has 0 aliphatic carbocycles. The summed E-state index contributed by atoms with van der Waals surface area (Å²) in [5, 5.41) is 0. The van der Waals surface area contributed by atoms with Crippen LogP contribution in [0.4, 0.5) is 0 Å². The SMILES string of the molecule is CCn1c(C(N)=S)nc2ccccc21. The lowest BCUT2D eigenvalue weighted by atomic mass is 10.3. The number of nitrogens with zero attached hydrogens (tertiary/aromatic N) is 2. The third-order valence-electron chi connectivity index (χ3n) is 2.19. The minimum absolute atomic E-state index is 0.350. The normalized spacial score (nSPS) is 10.6. The van der Waals surface area contributed by atoms with Gasteiger partial charge in [0.25, 0.3) is 0 Å². The lowest BCUT2D eigenvalue weighted by molar-refractivity contribution is 0.778. The van der Waals surface area contributed by atoms with E-state index >= 15 is 0 Å². The van der Waals surface area contributed by atoms with Crippen LogP contribution in [0.1, 0.15) is 12.7 Å². The molecule has 0 aliphatic heterocycles. The monoisotopic (exact) mass is 205 g/mol. The van der Waals surface area contributed by atoms with Gasteiger partial charge in [0.15, 0.2) is 5.82 Å². The van der Waals surface area contributed by atoms with E-state index in [4.69, 9.17) is 18.0 Å². The first-order chi connectivity index (χ1) is 6.74. The van der Waals surface area contributed by atoms with E-state index in [2.05, 4.69) is 11.9 Å². The molecule has 0 fully saturated rings. The molecule has 0 spiro atoms. The van der Waals surface area contributed by atoms with Crippen molar-refractivity contribution in [2.75, 3.05) is 0 Å². The second-order valence-corrected chi connectivity index (χ2v) is 3.47. The lowest BCUT2D eigenvalue weighted by Gasteiger charge is -2.03. The van der Waals surface area contributed by atoms with Gasteiger partial charge < -0.3 is 10.3 Å². The molecule has 1 aromatic carbocycles. The van der Waals surface area contributed by atoms with Crippen molar-refractivity contribution in [1.82, 2.24) is 9.55 Å². The van der Waals surface area contributed by atoms with E-state index in [-0.39, 0.29) is 0 Å². The van der Waals surface area contributed by atoms with Gasteiger partial charge in [0, 0.05) is 6.54 Å². The molecule has 0 saturated heterocycles. The Labute approximate surface area is 87.5 Å². The fourth-order valence-corrected chi connectivity index (χ4v) is 1.74. The van der Waals surface area contributed by atoms with Gasteiger partial charge in [-0.15, -0.1) is 0 Å². The van der Waals surface area contributed by atoms with Crippen molar-refractivity contribution in [3.8, 4) is 0 Å². The molecule has 0 bridgehead atoms. The molecule has 0 amide bonds. The van der Waals surface area contributed by atoms with Gasteiger partial charge in [-0.1, -0.05) is 24.4 Å². The van der Waals surface area contributed by atoms with Gasteiger partial charge in [0.2, 0.25) is 0 Å². The molecule has 0 atom stereocenters. The Morgan fingerprint density at radius 2 is 2.21 bits per heavy atom. The summed E-state index contributed by atoms with van der Waals surface area (Å²) in [6.45, 7) is 2.88. The molecule has 1 heterocycles. The highest BCUT2D eigenvalue weighted by Gasteiger charge is 2.09. The molecule has 2 rings (SSSR count). The maximum atomic E-state index is 5.60. The first-order valence-electron chi connectivity index (χ1n) is 4.49. The predicted molar refractivity (Wildman–Crippen MR) is 61.3 cm³/mol. The highest BCUT2D eigenvalue weighted by atomic mass is 32.1. The summed E-state index contributed by atoms with van der Waals surface area (Å²) >= 11 is 4.95. The van der Waals surface area contributed by atoms with Crippen LogP contribution in [0.5, 0.6) is 0 Å². The Bertz CT molecular complexity index is 487. The molecule has 1 aromatic heterocycles. The molecular weight excluding hydrogens is 194 g/mol. The minimum Gasteiger partial charge on any atom is -0.387 e. The number of hydrogen-bond acceptors (Lipinski definition) is 2. The number of aryl methyl sites for hydroxylation is 1. The van der Waals surface area contributed by atoms with Crippen LogP contribution in [0.25, 0.3) is 11.0 Å². The molecule has 0 unspecified atom stereocenters. The molecule has 0 aliphatic rings. The number of hydrogen-bond donors (Lipinski definition) is 1. The van der Waals surface area contributed by atoms with Crippen LogP contribution < -0.4 is 5.73 Å². The van der Waals surface area contributed by atoms with E-state index in [9.17, 15) is 0 Å². The van der Waals surface area contributed by atoms with Gasteiger partial charge >= 0.3 is 0 Å². The molecule has 0 radical (unpaired) electrons. The molecule has 72 valence electrons. The van der Waals surface area contributed by atoms with Crippen molar-refractivity contribution in [2.45, 2.75) is 13.5 Å². The number of nitrogens with two attached hydrogens (primary N) is 1. The van der Waals surface area contributed by atoms with E-state index < -0.39 is 0 Å². The van der Waals surface area contributed by atoms with Crippen LogP contribution in [0.3, 0.4) is 0 Å². The zero-order chi connectivity index (χ0) is 10.1. The van der Waals surface area contributed by atoms with E-state index in [0.717, 1.165) is 17.6 Å². The van der Waals surface area contributed by atoms with Gasteiger partial charge in [-0.2, -0.15) is 0 Å². The molecule has 3 nitrogen and oxygen atoms in total. The van der Waals surface area contributed by atoms with Crippen molar-refractivity contribution in [2.24, 2.45) is 5.73 Å². The van der Waals surface area contributed by atoms with Crippen molar-refractivity contribution >= 4 is 28.2 Å². The highest BCUT2D eigenvalue weighted by molar-refractivity contribution is 7.80. The number of para-hydroxylation sites is 2. The van der Waals surface area contributed by atoms with E-state index in [1.807, 2.05) is 28.8 Å². The topological polar surface area (TPSA) is 43.8 Å². The molecule has 4 heteroatoms. The Kier molecular flexibility index (Phi) is 2.21. The zero-order valence-electron chi connectivity index (χ0n) is 7.90. The van der Waals surface area contributed by atoms with Crippen LogP contribution in [-0.4, -0.2) is 14.5 Å². The van der Waals surface area contributed by atoms with Crippen LogP contribution in [0, 0.1) is 0 Å². The quantitative estimate of drug-likeness (QED) is 0.759. The summed E-state index contributed by atoms with van der Waals surface area (Å²) in [6, 6.07) is 7.93. The first kappa shape index (κ1) is 9.15. The van der Waals surface area contributed by atoms with Crippen molar-refractivity contribution in [3.05, 3.63) is 30.1 Å². The Hall–Kier alpha value is -1.42. The molecule has 0 saturated carbocycles. The fourth-order valence-electron chi connectivity index (χ4n) is 1.58. The molecule has 14 heavy (non-hydrogen) atoms. The Balaban J connectivity index is 2.78. The first-order valence-corrected chi connectivity index (χ1v) is 4.90. The third kappa shape index (κ3) is 1.28. The van der Waals surface area contributed by atoms with E-state index in [1.165, 1.54) is 0 Å². The van der Waals surface area contributed by atoms with Gasteiger partial charge in [0.1, 0.15) is 4.99 Å². The van der Waals surface area contributed by atoms with E-state index in [1.54, 1.807) is 0 Å². The second kappa shape index (κ2) is 3.38. The average molecular weight is 205 g/mol. The number of benzene rings is 1. The number of imidazole rings is 1. The zero-order valence-corrected chi connectivity index (χ0v) is 8.71. The van der Waals surface area contributed by atoms with Crippen LogP contribution in [0.2, 0.25) is 0 Å². The summed E-state index contributed by atoms with van der Waals surface area (Å²) in [5.41, 5.74) is 7.63. The van der Waals surface area contributed by atoms with Crippen LogP contribution >= 0.6 is 12.2 Å². The number of thiocarbonyl (C=S) groups is 1. The average Bonchev–Trinajstić information content (AvgIpc) is 2.56. The van der Waals surface area contributed by atoms with Crippen molar-refractivity contribution < 1.29 is 0 Å². The highest BCUT2D eigenvalue weighted by Crippen LogP contribution is 2.15. The molecule has 2 N–H and O–H groups in total. The standard InChI is InChI=1S/C10H11N3S/c1-2-13-8-6-4-3-5-7(8)12-10(13)9(11)14/h3-6H,2H2,1H3,(H2,11,14). The Morgan fingerprint density at radius 1 is 1.50 bits per heavy atom. The fraction of sp³-hybridized carbons (Fsp3) is 0.200. The molecular formula is C10H11N3S. The summed E-state index contributed by atoms with van der Waals surface area (Å²) in [6.07, 6.45) is 0. The summed E-state index contributed by atoms with van der Waals surface area (Å²) < 4.78 is 2.03. The lowest BCUT2D eigenvalue weighted by Crippen LogP contribution is -2.16. The van der Waals surface area contributed by atoms with Crippen LogP contribution in [-0.2, 0) is 6.54 Å². The Morgan fingerprint density at radius 3 is 2.86 bits per heavy atom. The number of rotatable bonds is 2. The van der Waals surface area contributed by atoms with Gasteiger partial charge in [-0.3, -0.25) is 0 Å². The van der Waals surface area contributed by atoms with Gasteiger partial charge in [-0.05, 0) is 19.1 Å². The third-order valence-corrected chi connectivity index (χ3v) is 2.37. The smallest absolute Gasteiger partial charge is 0.168 e. The van der Waals surface area contributed by atoms with Gasteiger partial charge in [0.05, 0.1) is 11.0 Å². The molecule has 2 aromatic rings. The summed E-state index contributed by atoms with van der Waals surface area (Å²) in [7, 11) is 0. The van der Waals surface area contributed by atoms with E-state index in [0.29, 0.717) is 10.8 Å². The summed E-state index contributed by atoms with van der Waals surface area (Å²) in [5.74, 6) is 0.698. The largest absolute Gasteiger partial charge is 0.387 e. The maximum absolute atomic E-state index is 5.60. The van der Waals surface area contributed by atoms with Crippen molar-refractivity contribution in [3.63, 3.8) is 0 Å². The number of fused-ring (bicyclic) bond motifs is 1. The number of aromatic nitrogens is 2. The van der Waals surface area contributed by atoms with Gasteiger partial charge in [-0.25, -0.2) is 4.98 Å². The summed E-state index contributed by atoms with van der Waals surface area (Å²) in [4.78, 5) is 4.73.